The van der Waals surface area contributed by atoms with Crippen LogP contribution in [0.25, 0.3) is 0 Å². The minimum absolute atomic E-state index is 0.116. The number of nitrogens with zero attached hydrogens (tertiary/aromatic N) is 1. The maximum atomic E-state index is 12.3. The smallest absolute Gasteiger partial charge is 0.227 e. The van der Waals surface area contributed by atoms with Crippen molar-refractivity contribution in [3.05, 3.63) is 65.2 Å². The molecule has 3 nitrogen and oxygen atoms in total. The predicted molar refractivity (Wildman–Crippen MR) is 77.4 cm³/mol. The highest BCUT2D eigenvalue weighted by Gasteiger charge is 2.20. The van der Waals surface area contributed by atoms with E-state index in [1.807, 2.05) is 23.1 Å². The summed E-state index contributed by atoms with van der Waals surface area (Å²) in [5, 5.41) is 9.44. The van der Waals surface area contributed by atoms with E-state index in [2.05, 4.69) is 12.1 Å². The van der Waals surface area contributed by atoms with Gasteiger partial charge in [0.15, 0.2) is 0 Å². The van der Waals surface area contributed by atoms with Crippen molar-refractivity contribution in [2.75, 3.05) is 6.54 Å². The number of fused-ring (bicyclic) bond motifs is 1. The van der Waals surface area contributed by atoms with E-state index in [-0.39, 0.29) is 11.7 Å². The number of phenols is 1. The van der Waals surface area contributed by atoms with Crippen LogP contribution in [0.5, 0.6) is 5.75 Å². The lowest BCUT2D eigenvalue weighted by atomic mass is 9.99. The van der Waals surface area contributed by atoms with Gasteiger partial charge in [-0.3, -0.25) is 4.79 Å². The Morgan fingerprint density at radius 2 is 1.90 bits per heavy atom. The molecule has 1 aliphatic heterocycles. The minimum Gasteiger partial charge on any atom is -0.508 e. The van der Waals surface area contributed by atoms with Gasteiger partial charge in [-0.25, -0.2) is 0 Å². The van der Waals surface area contributed by atoms with Crippen LogP contribution in [-0.2, 0) is 24.2 Å². The average Bonchev–Trinajstić information content (AvgIpc) is 2.47. The van der Waals surface area contributed by atoms with Gasteiger partial charge in [-0.15, -0.1) is 0 Å². The zero-order chi connectivity index (χ0) is 13.9. The second-order valence-corrected chi connectivity index (χ2v) is 5.18. The van der Waals surface area contributed by atoms with E-state index in [0.29, 0.717) is 13.0 Å². The normalized spacial score (nSPS) is 13.9. The van der Waals surface area contributed by atoms with Gasteiger partial charge in [0.1, 0.15) is 5.75 Å². The van der Waals surface area contributed by atoms with Gasteiger partial charge in [0, 0.05) is 13.1 Å². The highest BCUT2D eigenvalue weighted by Crippen LogP contribution is 2.20. The molecule has 3 heteroatoms. The second-order valence-electron chi connectivity index (χ2n) is 5.18. The molecule has 3 rings (SSSR count). The Balaban J connectivity index is 1.70. The fourth-order valence-electron chi connectivity index (χ4n) is 2.66. The molecule has 102 valence electrons. The summed E-state index contributed by atoms with van der Waals surface area (Å²) in [6.45, 7) is 1.46. The van der Waals surface area contributed by atoms with E-state index >= 15 is 0 Å². The third-order valence-corrected chi connectivity index (χ3v) is 3.75. The van der Waals surface area contributed by atoms with Gasteiger partial charge >= 0.3 is 0 Å². The van der Waals surface area contributed by atoms with Gasteiger partial charge in [-0.2, -0.15) is 0 Å². The fourth-order valence-corrected chi connectivity index (χ4v) is 2.66. The fraction of sp³-hybridized carbons (Fsp3) is 0.235. The summed E-state index contributed by atoms with van der Waals surface area (Å²) in [5.74, 6) is 0.324. The van der Waals surface area contributed by atoms with Crippen LogP contribution in [0, 0.1) is 0 Å². The first-order chi connectivity index (χ1) is 9.72. The zero-order valence-corrected chi connectivity index (χ0v) is 11.2. The van der Waals surface area contributed by atoms with E-state index in [1.54, 1.807) is 18.2 Å². The third kappa shape index (κ3) is 2.67. The molecule has 0 bridgehead atoms. The van der Waals surface area contributed by atoms with Gasteiger partial charge in [0.25, 0.3) is 0 Å². The molecule has 0 aliphatic carbocycles. The van der Waals surface area contributed by atoms with Crippen LogP contribution in [0.3, 0.4) is 0 Å². The van der Waals surface area contributed by atoms with E-state index < -0.39 is 0 Å². The molecule has 2 aromatic carbocycles. The summed E-state index contributed by atoms with van der Waals surface area (Å²) in [4.78, 5) is 14.2. The summed E-state index contributed by atoms with van der Waals surface area (Å²) < 4.78 is 0. The van der Waals surface area contributed by atoms with Crippen molar-refractivity contribution in [3.63, 3.8) is 0 Å². The Hall–Kier alpha value is -2.29. The Bertz CT molecular complexity index is 636. The molecule has 0 saturated heterocycles. The lowest BCUT2D eigenvalue weighted by molar-refractivity contribution is -0.131. The lowest BCUT2D eigenvalue weighted by Gasteiger charge is -2.29. The van der Waals surface area contributed by atoms with Crippen molar-refractivity contribution in [1.82, 2.24) is 4.90 Å². The van der Waals surface area contributed by atoms with Crippen LogP contribution in [0.4, 0.5) is 0 Å². The van der Waals surface area contributed by atoms with Crippen LogP contribution in [0.2, 0.25) is 0 Å². The Labute approximate surface area is 118 Å². The van der Waals surface area contributed by atoms with Crippen molar-refractivity contribution in [2.24, 2.45) is 0 Å². The van der Waals surface area contributed by atoms with Gasteiger partial charge in [-0.05, 0) is 35.2 Å². The molecular weight excluding hydrogens is 250 g/mol. The molecule has 0 spiro atoms. The standard InChI is InChI=1S/C17H17NO2/c19-16-7-3-4-13(10-16)11-17(20)18-9-8-14-5-1-2-6-15(14)12-18/h1-7,10,19H,8-9,11-12H2. The van der Waals surface area contributed by atoms with Gasteiger partial charge in [-0.1, -0.05) is 36.4 Å². The lowest BCUT2D eigenvalue weighted by Crippen LogP contribution is -2.36. The first-order valence-electron chi connectivity index (χ1n) is 6.85. The topological polar surface area (TPSA) is 40.5 Å². The molecule has 0 aromatic heterocycles. The van der Waals surface area contributed by atoms with Crippen LogP contribution in [-0.4, -0.2) is 22.5 Å². The molecule has 1 heterocycles. The van der Waals surface area contributed by atoms with Gasteiger partial charge in [0.2, 0.25) is 5.91 Å². The maximum Gasteiger partial charge on any atom is 0.227 e. The molecule has 2 aromatic rings. The number of benzene rings is 2. The summed E-state index contributed by atoms with van der Waals surface area (Å²) in [5.41, 5.74) is 3.44. The summed E-state index contributed by atoms with van der Waals surface area (Å²) in [6.07, 6.45) is 1.26. The molecule has 0 radical (unpaired) electrons. The van der Waals surface area contributed by atoms with E-state index in [4.69, 9.17) is 0 Å². The molecule has 1 amide bonds. The van der Waals surface area contributed by atoms with Crippen LogP contribution in [0.15, 0.2) is 48.5 Å². The number of phenolic OH excluding ortho intramolecular Hbond substituents is 1. The summed E-state index contributed by atoms with van der Waals surface area (Å²) >= 11 is 0. The zero-order valence-electron chi connectivity index (χ0n) is 11.2. The molecule has 0 atom stereocenters. The Morgan fingerprint density at radius 3 is 2.70 bits per heavy atom. The minimum atomic E-state index is 0.116. The molecular formula is C17H17NO2. The summed E-state index contributed by atoms with van der Waals surface area (Å²) in [6, 6.07) is 15.2. The SMILES string of the molecule is O=C(Cc1cccc(O)c1)N1CCc2ccccc2C1. The largest absolute Gasteiger partial charge is 0.508 e. The van der Waals surface area contributed by atoms with Crippen molar-refractivity contribution >= 4 is 5.91 Å². The molecule has 0 fully saturated rings. The first-order valence-corrected chi connectivity index (χ1v) is 6.85. The van der Waals surface area contributed by atoms with E-state index in [9.17, 15) is 9.90 Å². The molecule has 0 unspecified atom stereocenters. The van der Waals surface area contributed by atoms with Crippen LogP contribution in [0.1, 0.15) is 16.7 Å². The second kappa shape index (κ2) is 5.37. The Kier molecular flexibility index (Phi) is 3.42. The first kappa shape index (κ1) is 12.7. The summed E-state index contributed by atoms with van der Waals surface area (Å²) in [7, 11) is 0. The molecule has 1 aliphatic rings. The quantitative estimate of drug-likeness (QED) is 0.908. The monoisotopic (exact) mass is 267 g/mol. The number of aromatic hydroxyl groups is 1. The predicted octanol–water partition coefficient (Wildman–Crippen LogP) is 2.52. The number of amides is 1. The van der Waals surface area contributed by atoms with Crippen molar-refractivity contribution < 1.29 is 9.90 Å². The highest BCUT2D eigenvalue weighted by atomic mass is 16.3. The Morgan fingerprint density at radius 1 is 1.10 bits per heavy atom. The van der Waals surface area contributed by atoms with Crippen molar-refractivity contribution in [2.45, 2.75) is 19.4 Å². The van der Waals surface area contributed by atoms with Crippen molar-refractivity contribution in [3.8, 4) is 5.75 Å². The molecule has 1 N–H and O–H groups in total. The number of carbonyl (C=O) groups is 1. The average molecular weight is 267 g/mol. The van der Waals surface area contributed by atoms with Crippen molar-refractivity contribution in [1.29, 1.82) is 0 Å². The molecule has 0 saturated carbocycles. The van der Waals surface area contributed by atoms with Gasteiger partial charge < -0.3 is 10.0 Å². The number of hydrogen-bond acceptors (Lipinski definition) is 2. The number of carbonyl (C=O) groups excluding carboxylic acids is 1. The van der Waals surface area contributed by atoms with Crippen LogP contribution >= 0.6 is 0 Å². The number of hydrogen-bond donors (Lipinski definition) is 1. The van der Waals surface area contributed by atoms with E-state index in [1.165, 1.54) is 11.1 Å². The maximum absolute atomic E-state index is 12.3. The third-order valence-electron chi connectivity index (χ3n) is 3.75. The van der Waals surface area contributed by atoms with E-state index in [0.717, 1.165) is 18.5 Å². The number of rotatable bonds is 2. The van der Waals surface area contributed by atoms with Crippen LogP contribution < -0.4 is 0 Å². The van der Waals surface area contributed by atoms with Gasteiger partial charge in [0.05, 0.1) is 6.42 Å². The molecule has 20 heavy (non-hydrogen) atoms. The highest BCUT2D eigenvalue weighted by molar-refractivity contribution is 5.79.